The molecule has 0 amide bonds. The van der Waals surface area contributed by atoms with Crippen molar-refractivity contribution in [2.75, 3.05) is 24.5 Å². The van der Waals surface area contributed by atoms with Crippen molar-refractivity contribution in [1.82, 2.24) is 9.88 Å². The van der Waals surface area contributed by atoms with Gasteiger partial charge in [0.2, 0.25) is 0 Å². The SMILES string of the molecule is CC1CCCN1C1CCN(c2ccc3ccccc3n2)CC1. The molecule has 3 heteroatoms. The van der Waals surface area contributed by atoms with Crippen molar-refractivity contribution in [2.24, 2.45) is 0 Å². The second-order valence-electron chi connectivity index (χ2n) is 6.81. The fraction of sp³-hybridized carbons (Fsp3) is 0.526. The average Bonchev–Trinajstić information content (AvgIpc) is 3.01. The van der Waals surface area contributed by atoms with Crippen molar-refractivity contribution in [3.05, 3.63) is 36.4 Å². The van der Waals surface area contributed by atoms with Gasteiger partial charge < -0.3 is 4.90 Å². The molecule has 22 heavy (non-hydrogen) atoms. The first-order valence-corrected chi connectivity index (χ1v) is 8.68. The molecule has 2 aliphatic heterocycles. The lowest BCUT2D eigenvalue weighted by atomic mass is 10.0. The van der Waals surface area contributed by atoms with Gasteiger partial charge in [-0.15, -0.1) is 0 Å². The van der Waals surface area contributed by atoms with Crippen LogP contribution in [0.4, 0.5) is 5.82 Å². The Morgan fingerprint density at radius 3 is 2.55 bits per heavy atom. The van der Waals surface area contributed by atoms with Crippen molar-refractivity contribution < 1.29 is 0 Å². The van der Waals surface area contributed by atoms with Crippen molar-refractivity contribution in [2.45, 2.75) is 44.7 Å². The minimum atomic E-state index is 0.786. The lowest BCUT2D eigenvalue weighted by Gasteiger charge is -2.39. The number of para-hydroxylation sites is 1. The van der Waals surface area contributed by atoms with Crippen LogP contribution < -0.4 is 4.90 Å². The van der Waals surface area contributed by atoms with Gasteiger partial charge in [-0.3, -0.25) is 4.90 Å². The third kappa shape index (κ3) is 2.58. The molecule has 116 valence electrons. The molecule has 1 aromatic carbocycles. The van der Waals surface area contributed by atoms with Crippen LogP contribution in [0.1, 0.15) is 32.6 Å². The molecule has 2 aliphatic rings. The zero-order valence-electron chi connectivity index (χ0n) is 13.4. The third-order valence-electron chi connectivity index (χ3n) is 5.45. The number of pyridine rings is 1. The highest BCUT2D eigenvalue weighted by Gasteiger charge is 2.30. The van der Waals surface area contributed by atoms with E-state index < -0.39 is 0 Å². The minimum Gasteiger partial charge on any atom is -0.356 e. The molecule has 1 aromatic heterocycles. The van der Waals surface area contributed by atoms with Crippen LogP contribution in [0, 0.1) is 0 Å². The quantitative estimate of drug-likeness (QED) is 0.842. The molecule has 2 saturated heterocycles. The lowest BCUT2D eigenvalue weighted by molar-refractivity contribution is 0.163. The van der Waals surface area contributed by atoms with Gasteiger partial charge in [0.1, 0.15) is 5.82 Å². The van der Waals surface area contributed by atoms with E-state index in [1.165, 1.54) is 37.6 Å². The molecule has 2 aromatic rings. The van der Waals surface area contributed by atoms with Crippen LogP contribution >= 0.6 is 0 Å². The van der Waals surface area contributed by atoms with Crippen LogP contribution in [-0.4, -0.2) is 41.6 Å². The predicted molar refractivity (Wildman–Crippen MR) is 92.4 cm³/mol. The summed E-state index contributed by atoms with van der Waals surface area (Å²) in [7, 11) is 0. The van der Waals surface area contributed by atoms with E-state index in [1.54, 1.807) is 0 Å². The van der Waals surface area contributed by atoms with Crippen molar-refractivity contribution in [3.8, 4) is 0 Å². The number of fused-ring (bicyclic) bond motifs is 1. The van der Waals surface area contributed by atoms with E-state index >= 15 is 0 Å². The molecule has 4 rings (SSSR count). The Morgan fingerprint density at radius 2 is 1.77 bits per heavy atom. The third-order valence-corrected chi connectivity index (χ3v) is 5.45. The summed E-state index contributed by atoms with van der Waals surface area (Å²) in [6.45, 7) is 5.97. The number of benzene rings is 1. The summed E-state index contributed by atoms with van der Waals surface area (Å²) in [6, 6.07) is 14.3. The van der Waals surface area contributed by atoms with Gasteiger partial charge in [-0.25, -0.2) is 4.98 Å². The molecule has 2 fully saturated rings. The van der Waals surface area contributed by atoms with E-state index in [0.717, 1.165) is 36.5 Å². The van der Waals surface area contributed by atoms with Crippen molar-refractivity contribution >= 4 is 16.7 Å². The van der Waals surface area contributed by atoms with Crippen molar-refractivity contribution in [1.29, 1.82) is 0 Å². The van der Waals surface area contributed by atoms with Gasteiger partial charge in [-0.05, 0) is 57.4 Å². The van der Waals surface area contributed by atoms with Crippen LogP contribution in [0.25, 0.3) is 10.9 Å². The van der Waals surface area contributed by atoms with E-state index in [0.29, 0.717) is 0 Å². The van der Waals surface area contributed by atoms with Crippen LogP contribution in [-0.2, 0) is 0 Å². The molecule has 1 atom stereocenters. The second-order valence-corrected chi connectivity index (χ2v) is 6.81. The summed E-state index contributed by atoms with van der Waals surface area (Å²) in [4.78, 5) is 10.1. The maximum absolute atomic E-state index is 4.85. The van der Waals surface area contributed by atoms with Crippen molar-refractivity contribution in [3.63, 3.8) is 0 Å². The Labute approximate surface area is 132 Å². The number of piperidine rings is 1. The van der Waals surface area contributed by atoms with E-state index in [2.05, 4.69) is 53.1 Å². The first-order chi connectivity index (χ1) is 10.8. The fourth-order valence-electron chi connectivity index (χ4n) is 4.16. The molecular formula is C19H25N3. The summed E-state index contributed by atoms with van der Waals surface area (Å²) in [5.74, 6) is 1.15. The first-order valence-electron chi connectivity index (χ1n) is 8.68. The molecule has 3 heterocycles. The second kappa shape index (κ2) is 5.88. The molecule has 0 aliphatic carbocycles. The summed E-state index contributed by atoms with van der Waals surface area (Å²) in [5, 5.41) is 1.23. The zero-order valence-corrected chi connectivity index (χ0v) is 13.4. The number of aromatic nitrogens is 1. The maximum Gasteiger partial charge on any atom is 0.129 e. The summed E-state index contributed by atoms with van der Waals surface area (Å²) in [5.41, 5.74) is 1.11. The number of nitrogens with zero attached hydrogens (tertiary/aromatic N) is 3. The predicted octanol–water partition coefficient (Wildman–Crippen LogP) is 3.69. The molecule has 0 radical (unpaired) electrons. The van der Waals surface area contributed by atoms with E-state index in [1.807, 2.05) is 0 Å². The normalized spacial score (nSPS) is 24.2. The number of hydrogen-bond acceptors (Lipinski definition) is 3. The smallest absolute Gasteiger partial charge is 0.129 e. The van der Waals surface area contributed by atoms with Crippen LogP contribution in [0.5, 0.6) is 0 Å². The number of anilines is 1. The van der Waals surface area contributed by atoms with Gasteiger partial charge in [-0.1, -0.05) is 18.2 Å². The summed E-state index contributed by atoms with van der Waals surface area (Å²) in [6.07, 6.45) is 5.32. The number of rotatable bonds is 2. The summed E-state index contributed by atoms with van der Waals surface area (Å²) < 4.78 is 0. The average molecular weight is 295 g/mol. The first kappa shape index (κ1) is 14.0. The molecule has 0 saturated carbocycles. The topological polar surface area (TPSA) is 19.4 Å². The Balaban J connectivity index is 1.46. The van der Waals surface area contributed by atoms with Crippen LogP contribution in [0.2, 0.25) is 0 Å². The van der Waals surface area contributed by atoms with Gasteiger partial charge in [0.05, 0.1) is 5.52 Å². The molecule has 0 N–H and O–H groups in total. The molecule has 0 spiro atoms. The van der Waals surface area contributed by atoms with Gasteiger partial charge in [0.15, 0.2) is 0 Å². The van der Waals surface area contributed by atoms with Gasteiger partial charge >= 0.3 is 0 Å². The highest BCUT2D eigenvalue weighted by molar-refractivity contribution is 5.80. The summed E-state index contributed by atoms with van der Waals surface area (Å²) >= 11 is 0. The Bertz CT molecular complexity index is 646. The van der Waals surface area contributed by atoms with Gasteiger partial charge in [0, 0.05) is 30.6 Å². The monoisotopic (exact) mass is 295 g/mol. The van der Waals surface area contributed by atoms with E-state index in [-0.39, 0.29) is 0 Å². The fourth-order valence-corrected chi connectivity index (χ4v) is 4.16. The molecule has 1 unspecified atom stereocenters. The Hall–Kier alpha value is -1.61. The van der Waals surface area contributed by atoms with E-state index in [4.69, 9.17) is 4.98 Å². The number of hydrogen-bond donors (Lipinski definition) is 0. The zero-order chi connectivity index (χ0) is 14.9. The van der Waals surface area contributed by atoms with Crippen LogP contribution in [0.15, 0.2) is 36.4 Å². The lowest BCUT2D eigenvalue weighted by Crippen LogP contribution is -2.46. The molecular weight excluding hydrogens is 270 g/mol. The largest absolute Gasteiger partial charge is 0.356 e. The number of likely N-dealkylation sites (tertiary alicyclic amines) is 1. The van der Waals surface area contributed by atoms with Gasteiger partial charge in [0.25, 0.3) is 0 Å². The standard InChI is InChI=1S/C19H25N3/c1-15-5-4-12-22(15)17-10-13-21(14-11-17)19-9-8-16-6-2-3-7-18(16)20-19/h2-3,6-9,15,17H,4-5,10-14H2,1H3. The highest BCUT2D eigenvalue weighted by atomic mass is 15.2. The Morgan fingerprint density at radius 1 is 0.955 bits per heavy atom. The Kier molecular flexibility index (Phi) is 3.75. The van der Waals surface area contributed by atoms with E-state index in [9.17, 15) is 0 Å². The minimum absolute atomic E-state index is 0.786. The molecule has 0 bridgehead atoms. The molecule has 3 nitrogen and oxygen atoms in total. The van der Waals surface area contributed by atoms with Crippen LogP contribution in [0.3, 0.4) is 0 Å². The highest BCUT2D eigenvalue weighted by Crippen LogP contribution is 2.27. The van der Waals surface area contributed by atoms with Gasteiger partial charge in [-0.2, -0.15) is 0 Å². The maximum atomic E-state index is 4.85.